The number of aryl methyl sites for hydroxylation is 1. The largest absolute Gasteiger partial charge is 0.471 e. The SMILES string of the molecule is Cc1cc(Br)c(NC(=O)C(F)(F)F)cc1C(F)(F)F. The molecule has 106 valence electrons. The number of anilines is 1. The fourth-order valence-corrected chi connectivity index (χ4v) is 1.82. The maximum Gasteiger partial charge on any atom is 0.471 e. The summed E-state index contributed by atoms with van der Waals surface area (Å²) in [5, 5.41) is 1.38. The van der Waals surface area contributed by atoms with Crippen molar-refractivity contribution in [2.24, 2.45) is 0 Å². The van der Waals surface area contributed by atoms with Crippen LogP contribution >= 0.6 is 15.9 Å². The average Bonchev–Trinajstić information content (AvgIpc) is 2.18. The van der Waals surface area contributed by atoms with Gasteiger partial charge in [-0.25, -0.2) is 0 Å². The van der Waals surface area contributed by atoms with Crippen molar-refractivity contribution in [3.63, 3.8) is 0 Å². The van der Waals surface area contributed by atoms with E-state index >= 15 is 0 Å². The van der Waals surface area contributed by atoms with Gasteiger partial charge < -0.3 is 5.32 Å². The van der Waals surface area contributed by atoms with Crippen molar-refractivity contribution in [2.45, 2.75) is 19.3 Å². The van der Waals surface area contributed by atoms with Gasteiger partial charge in [0.2, 0.25) is 0 Å². The van der Waals surface area contributed by atoms with Crippen LogP contribution in [0.25, 0.3) is 0 Å². The number of carbonyl (C=O) groups is 1. The molecule has 1 aromatic rings. The van der Waals surface area contributed by atoms with Crippen LogP contribution in [0, 0.1) is 6.92 Å². The van der Waals surface area contributed by atoms with Gasteiger partial charge in [0.15, 0.2) is 0 Å². The van der Waals surface area contributed by atoms with Gasteiger partial charge in [0.05, 0.1) is 11.3 Å². The van der Waals surface area contributed by atoms with Crippen LogP contribution in [0.2, 0.25) is 0 Å². The topological polar surface area (TPSA) is 29.1 Å². The minimum atomic E-state index is -5.18. The molecule has 19 heavy (non-hydrogen) atoms. The van der Waals surface area contributed by atoms with Crippen LogP contribution in [0.15, 0.2) is 16.6 Å². The van der Waals surface area contributed by atoms with Crippen molar-refractivity contribution < 1.29 is 31.1 Å². The van der Waals surface area contributed by atoms with Crippen LogP contribution in [0.4, 0.5) is 32.0 Å². The summed E-state index contributed by atoms with van der Waals surface area (Å²) in [6.45, 7) is 1.16. The lowest BCUT2D eigenvalue weighted by molar-refractivity contribution is -0.167. The fraction of sp³-hybridized carbons (Fsp3) is 0.300. The third-order valence-corrected chi connectivity index (χ3v) is 2.78. The van der Waals surface area contributed by atoms with Gasteiger partial charge in [0.25, 0.3) is 0 Å². The van der Waals surface area contributed by atoms with Crippen LogP contribution in [0.1, 0.15) is 11.1 Å². The van der Waals surface area contributed by atoms with Gasteiger partial charge in [0.1, 0.15) is 0 Å². The molecule has 0 atom stereocenters. The van der Waals surface area contributed by atoms with Crippen LogP contribution in [-0.4, -0.2) is 12.1 Å². The van der Waals surface area contributed by atoms with Gasteiger partial charge in [-0.15, -0.1) is 0 Å². The first-order valence-corrected chi connectivity index (χ1v) is 5.47. The van der Waals surface area contributed by atoms with Crippen molar-refractivity contribution >= 4 is 27.5 Å². The molecule has 0 bridgehead atoms. The van der Waals surface area contributed by atoms with Crippen molar-refractivity contribution in [1.29, 1.82) is 0 Å². The van der Waals surface area contributed by atoms with Crippen molar-refractivity contribution in [2.75, 3.05) is 5.32 Å². The van der Waals surface area contributed by atoms with Gasteiger partial charge in [0, 0.05) is 4.47 Å². The van der Waals surface area contributed by atoms with Gasteiger partial charge in [-0.1, -0.05) is 0 Å². The van der Waals surface area contributed by atoms with Gasteiger partial charge in [-0.3, -0.25) is 4.79 Å². The molecule has 0 fully saturated rings. The molecule has 0 aromatic heterocycles. The summed E-state index contributed by atoms with van der Waals surface area (Å²) in [6.07, 6.45) is -9.90. The molecule has 9 heteroatoms. The third-order valence-electron chi connectivity index (χ3n) is 2.13. The zero-order valence-electron chi connectivity index (χ0n) is 9.21. The zero-order chi connectivity index (χ0) is 15.0. The number of hydrogen-bond donors (Lipinski definition) is 1. The van der Waals surface area contributed by atoms with Crippen LogP contribution < -0.4 is 5.32 Å². The third kappa shape index (κ3) is 3.85. The minimum absolute atomic E-state index is 0.0735. The molecule has 1 rings (SSSR count). The molecule has 0 aliphatic rings. The first-order chi connectivity index (χ1) is 8.43. The normalized spacial score (nSPS) is 12.4. The Labute approximate surface area is 111 Å². The Morgan fingerprint density at radius 2 is 1.68 bits per heavy atom. The summed E-state index contributed by atoms with van der Waals surface area (Å²) in [4.78, 5) is 10.7. The van der Waals surface area contributed by atoms with E-state index in [-0.39, 0.29) is 10.0 Å². The lowest BCUT2D eigenvalue weighted by Crippen LogP contribution is -2.30. The Bertz CT molecular complexity index is 508. The molecule has 0 saturated carbocycles. The average molecular weight is 350 g/mol. The zero-order valence-corrected chi connectivity index (χ0v) is 10.8. The Hall–Kier alpha value is -1.25. The smallest absolute Gasteiger partial charge is 0.317 e. The number of nitrogens with one attached hydrogen (secondary N) is 1. The second-order valence-electron chi connectivity index (χ2n) is 3.60. The summed E-state index contributed by atoms with van der Waals surface area (Å²) in [7, 11) is 0. The predicted octanol–water partition coefficient (Wildman–Crippen LogP) is 4.28. The number of rotatable bonds is 1. The molecule has 0 heterocycles. The highest BCUT2D eigenvalue weighted by atomic mass is 79.9. The molecule has 0 aliphatic carbocycles. The van der Waals surface area contributed by atoms with E-state index in [9.17, 15) is 31.1 Å². The number of hydrogen-bond acceptors (Lipinski definition) is 1. The molecule has 1 amide bonds. The maximum absolute atomic E-state index is 12.6. The molecule has 0 saturated heterocycles. The Balaban J connectivity index is 3.20. The second-order valence-corrected chi connectivity index (χ2v) is 4.45. The van der Waals surface area contributed by atoms with Crippen molar-refractivity contribution in [3.05, 3.63) is 27.7 Å². The number of alkyl halides is 6. The standard InChI is InChI=1S/C10H6BrF6NO/c1-4-2-6(11)7(3-5(4)9(12,13)14)18-8(19)10(15,16)17/h2-3H,1H3,(H,18,19). The highest BCUT2D eigenvalue weighted by Gasteiger charge is 2.39. The molecule has 0 aliphatic heterocycles. The first kappa shape index (κ1) is 15.8. The van der Waals surface area contributed by atoms with E-state index in [0.29, 0.717) is 6.07 Å². The van der Waals surface area contributed by atoms with E-state index in [1.807, 2.05) is 0 Å². The lowest BCUT2D eigenvalue weighted by Gasteiger charge is -2.15. The Morgan fingerprint density at radius 1 is 1.16 bits per heavy atom. The van der Waals surface area contributed by atoms with E-state index in [1.54, 1.807) is 0 Å². The van der Waals surface area contributed by atoms with Gasteiger partial charge in [-0.05, 0) is 40.5 Å². The highest BCUT2D eigenvalue weighted by molar-refractivity contribution is 9.10. The predicted molar refractivity (Wildman–Crippen MR) is 58.6 cm³/mol. The Kier molecular flexibility index (Phi) is 4.18. The highest BCUT2D eigenvalue weighted by Crippen LogP contribution is 2.37. The van der Waals surface area contributed by atoms with E-state index in [4.69, 9.17) is 0 Å². The van der Waals surface area contributed by atoms with E-state index in [2.05, 4.69) is 15.9 Å². The number of amides is 1. The Morgan fingerprint density at radius 3 is 2.11 bits per heavy atom. The van der Waals surface area contributed by atoms with Gasteiger partial charge >= 0.3 is 18.3 Å². The second kappa shape index (κ2) is 5.03. The minimum Gasteiger partial charge on any atom is -0.317 e. The van der Waals surface area contributed by atoms with E-state index < -0.39 is 29.5 Å². The summed E-state index contributed by atoms with van der Waals surface area (Å²) in [5.41, 5.74) is -1.89. The molecular weight excluding hydrogens is 344 g/mol. The monoisotopic (exact) mass is 349 g/mol. The van der Waals surface area contributed by atoms with Crippen LogP contribution in [0.5, 0.6) is 0 Å². The number of halogens is 7. The van der Waals surface area contributed by atoms with Crippen LogP contribution in [0.3, 0.4) is 0 Å². The van der Waals surface area contributed by atoms with Crippen molar-refractivity contribution in [1.82, 2.24) is 0 Å². The molecule has 0 radical (unpaired) electrons. The number of carbonyl (C=O) groups excluding carboxylic acids is 1. The summed E-state index contributed by atoms with van der Waals surface area (Å²) >= 11 is 2.79. The molecule has 0 spiro atoms. The van der Waals surface area contributed by atoms with Gasteiger partial charge in [-0.2, -0.15) is 26.3 Å². The maximum atomic E-state index is 12.6. The first-order valence-electron chi connectivity index (χ1n) is 4.68. The fourth-order valence-electron chi connectivity index (χ4n) is 1.27. The molecular formula is C10H6BrF6NO. The van der Waals surface area contributed by atoms with E-state index in [0.717, 1.165) is 13.0 Å². The lowest BCUT2D eigenvalue weighted by atomic mass is 10.1. The van der Waals surface area contributed by atoms with Crippen molar-refractivity contribution in [3.8, 4) is 0 Å². The quantitative estimate of drug-likeness (QED) is 0.753. The van der Waals surface area contributed by atoms with E-state index in [1.165, 1.54) is 5.32 Å². The summed E-state index contributed by atoms with van der Waals surface area (Å²) < 4.78 is 73.8. The molecule has 1 N–H and O–H groups in total. The molecule has 1 aromatic carbocycles. The summed E-state index contributed by atoms with van der Waals surface area (Å²) in [5.74, 6) is -2.34. The molecule has 0 unspecified atom stereocenters. The summed E-state index contributed by atoms with van der Waals surface area (Å²) in [6, 6.07) is 1.43. The molecule has 2 nitrogen and oxygen atoms in total. The number of benzene rings is 1. The van der Waals surface area contributed by atoms with Crippen LogP contribution in [-0.2, 0) is 11.0 Å².